The third kappa shape index (κ3) is 27.9. The van der Waals surface area contributed by atoms with E-state index in [2.05, 4.69) is 56.8 Å². The van der Waals surface area contributed by atoms with Crippen molar-refractivity contribution in [3.05, 3.63) is 77.9 Å². The van der Waals surface area contributed by atoms with Gasteiger partial charge in [-0.25, -0.2) is 14.8 Å². The lowest BCUT2D eigenvalue weighted by molar-refractivity contribution is -0.433. The molecule has 0 aliphatic carbocycles. The van der Waals surface area contributed by atoms with Crippen LogP contribution >= 0.6 is 23.7 Å². The van der Waals surface area contributed by atoms with E-state index in [1.165, 1.54) is 36.5 Å². The van der Waals surface area contributed by atoms with E-state index in [1.54, 1.807) is 65.7 Å². The molecule has 0 radical (unpaired) electrons. The summed E-state index contributed by atoms with van der Waals surface area (Å²) in [5, 5.41) is 122. The summed E-state index contributed by atoms with van der Waals surface area (Å²) in [6, 6.07) is 5.31. The molecule has 13 atom stereocenters. The lowest BCUT2D eigenvalue weighted by atomic mass is 9.99. The van der Waals surface area contributed by atoms with Gasteiger partial charge in [0.15, 0.2) is 11.5 Å². The molecule has 4 aromatic rings. The highest BCUT2D eigenvalue weighted by Crippen LogP contribution is 2.34. The number of carbonyl (C=O) groups excluding carboxylic acids is 9. The number of phenolic OH excluding ortho intramolecular Hbond substituents is 1. The van der Waals surface area contributed by atoms with Gasteiger partial charge in [-0.3, -0.25) is 33.6 Å². The van der Waals surface area contributed by atoms with Gasteiger partial charge in [0.1, 0.15) is 63.2 Å². The number of β-amino-alcohol motifs (C(OH)–C–C–N with tert-alkyl or cyclic N) is 1. The van der Waals surface area contributed by atoms with E-state index in [-0.39, 0.29) is 68.2 Å². The van der Waals surface area contributed by atoms with Crippen LogP contribution in [0.2, 0.25) is 0 Å². The molecule has 3 aliphatic rings. The fourth-order valence-electron chi connectivity index (χ4n) is 12.6. The standard InChI is InChI=1S/C73H106N12O24S2/c1-41-38-85-59(60(41)92)65(97)76-37-47(87)35-50(77-61(93)44-18-20-45(21-19-44)66-81-82-67(110-66)46-22-24-49(25-23-46)104-32-14-12-10-11-13-31-103-9)62(94)78-56(42(2)86)68(98)84-39-48(88)36-51(84)63(95)79-57(53(90)33-43-17-26-52(89)55(34-43)107-111-109-108-102)64(96)80-58(69(85)99)54(91)40-83(29-15-27-74-70(100)105-72(3,4)5)30-16-28-75-71(101)106-73(6,7)8/h17-26,34,41-42,47-48,50-51,53-54,56-60,86-92,102H,10-16,27-33,35-40H2,1-9H3,(H,74,100)(H,75,101)(H,76,97)(H,77,93)(H,78,94)(H,79,95)(H,80,96)/t41-,42+,47+,48+,50+,51+,53-,54-,56+,57+,58+,59+,60+/m1/s1. The van der Waals surface area contributed by atoms with Gasteiger partial charge >= 0.3 is 12.2 Å². The molecule has 15 N–H and O–H groups in total. The van der Waals surface area contributed by atoms with E-state index in [4.69, 9.17) is 28.4 Å². The molecule has 614 valence electrons. The highest BCUT2D eigenvalue weighted by molar-refractivity contribution is 7.90. The minimum Gasteiger partial charge on any atom is -0.504 e. The monoisotopic (exact) mass is 1600 g/mol. The first kappa shape index (κ1) is 89.6. The number of alkyl carbamates (subject to hydrolysis) is 2. The summed E-state index contributed by atoms with van der Waals surface area (Å²) in [6.45, 7) is 11.9. The fourth-order valence-corrected chi connectivity index (χ4v) is 13.7. The van der Waals surface area contributed by atoms with Crippen molar-refractivity contribution < 1.29 is 117 Å². The maximum absolute atomic E-state index is 15.6. The summed E-state index contributed by atoms with van der Waals surface area (Å²) in [5.74, 6) is -9.15. The molecule has 3 saturated heterocycles. The SMILES string of the molecule is COCCCCCCCOc1ccc(-c2nnc(-c3ccc(C(=O)N[C@H]4C[C@H](O)CNC(=O)[C@@H]5[C@@H](O)[C@H](C)CN5C(=O)[C@H]([C@H](O)CN(CCCNC(=O)OC(C)(C)C)CCCNC(=O)OC(C)(C)C)NC(=O)[C@H]([C@H](O)Cc5ccc(O)c(OSOOO)c5)NC(=O)[C@@H]5C[C@H](O)CN5C(=O)[C@H]([C@H](C)O)NC4=O)cc3)s2)cc1. The van der Waals surface area contributed by atoms with Gasteiger partial charge in [-0.05, 0) is 141 Å². The van der Waals surface area contributed by atoms with E-state index >= 15 is 14.4 Å². The van der Waals surface area contributed by atoms with Gasteiger partial charge in [-0.1, -0.05) is 65.1 Å². The number of nitrogens with zero attached hydrogens (tertiary/aromatic N) is 5. The molecule has 0 bridgehead atoms. The van der Waals surface area contributed by atoms with Crippen LogP contribution in [0.15, 0.2) is 66.7 Å². The fraction of sp³-hybridized carbons (Fsp3) is 0.603. The van der Waals surface area contributed by atoms with Crippen LogP contribution in [0.25, 0.3) is 21.1 Å². The van der Waals surface area contributed by atoms with Crippen LogP contribution in [-0.4, -0.2) is 276 Å². The molecule has 3 fully saturated rings. The number of ether oxygens (including phenoxy) is 4. The molecule has 0 spiro atoms. The van der Waals surface area contributed by atoms with E-state index in [0.29, 0.717) is 27.9 Å². The predicted molar refractivity (Wildman–Crippen MR) is 401 cm³/mol. The first-order valence-corrected chi connectivity index (χ1v) is 38.3. The molecule has 38 heteroatoms. The Bertz CT molecular complexity index is 3680. The van der Waals surface area contributed by atoms with E-state index in [0.717, 1.165) is 73.1 Å². The molecule has 0 saturated carbocycles. The third-order valence-corrected chi connectivity index (χ3v) is 19.5. The van der Waals surface area contributed by atoms with Crippen molar-refractivity contribution in [3.8, 4) is 38.4 Å². The van der Waals surface area contributed by atoms with Gasteiger partial charge in [-0.2, -0.15) is 0 Å². The smallest absolute Gasteiger partial charge is 0.407 e. The minimum absolute atomic E-state index is 0.00573. The largest absolute Gasteiger partial charge is 0.504 e. The van der Waals surface area contributed by atoms with Crippen molar-refractivity contribution in [1.82, 2.24) is 62.1 Å². The second-order valence-electron chi connectivity index (χ2n) is 29.6. The molecular weight excluding hydrogens is 1490 g/mol. The number of methoxy groups -OCH3 is 1. The highest BCUT2D eigenvalue weighted by atomic mass is 32.2. The van der Waals surface area contributed by atoms with Gasteiger partial charge in [0, 0.05) is 94.9 Å². The Balaban J connectivity index is 1.21. The van der Waals surface area contributed by atoms with Crippen molar-refractivity contribution in [2.75, 3.05) is 72.7 Å². The summed E-state index contributed by atoms with van der Waals surface area (Å²) in [5.41, 5.74) is -0.251. The van der Waals surface area contributed by atoms with Crippen LogP contribution in [0.1, 0.15) is 129 Å². The zero-order valence-electron chi connectivity index (χ0n) is 63.7. The van der Waals surface area contributed by atoms with Crippen molar-refractivity contribution in [2.45, 2.75) is 204 Å². The summed E-state index contributed by atoms with van der Waals surface area (Å²) < 4.78 is 31.3. The maximum atomic E-state index is 15.6. The Morgan fingerprint density at radius 1 is 0.685 bits per heavy atom. The topological polar surface area (TPSA) is 500 Å². The van der Waals surface area contributed by atoms with E-state index < -0.39 is 195 Å². The Kier molecular flexibility index (Phi) is 34.6. The number of carbonyl (C=O) groups is 9. The molecule has 1 aromatic heterocycles. The Morgan fingerprint density at radius 2 is 1.26 bits per heavy atom. The van der Waals surface area contributed by atoms with E-state index in [9.17, 15) is 64.5 Å². The number of benzene rings is 3. The van der Waals surface area contributed by atoms with Gasteiger partial charge in [-0.15, -0.1) is 10.2 Å². The highest BCUT2D eigenvalue weighted by Gasteiger charge is 2.50. The normalized spacial score (nSPS) is 22.7. The Hall–Kier alpha value is -8.64. The maximum Gasteiger partial charge on any atom is 0.407 e. The summed E-state index contributed by atoms with van der Waals surface area (Å²) >= 11 is 1.34. The summed E-state index contributed by atoms with van der Waals surface area (Å²) in [7, 11) is 1.69. The predicted octanol–water partition coefficient (Wildman–Crippen LogP) is 2.00. The number of aliphatic hydroxyl groups is 6. The number of aromatic nitrogens is 2. The number of nitrogens with one attached hydrogen (secondary N) is 7. The van der Waals surface area contributed by atoms with Gasteiger partial charge < -0.3 is 111 Å². The molecule has 111 heavy (non-hydrogen) atoms. The van der Waals surface area contributed by atoms with Crippen LogP contribution in [0.3, 0.4) is 0 Å². The number of aromatic hydroxyl groups is 1. The van der Waals surface area contributed by atoms with Gasteiger partial charge in [0.2, 0.25) is 35.4 Å². The molecule has 9 amide bonds. The average Bonchev–Trinajstić information content (AvgIpc) is 1.66. The van der Waals surface area contributed by atoms with Crippen LogP contribution in [0.4, 0.5) is 9.59 Å². The number of rotatable bonds is 32. The summed E-state index contributed by atoms with van der Waals surface area (Å²) in [4.78, 5) is 133. The molecule has 7 rings (SSSR count). The van der Waals surface area contributed by atoms with Crippen LogP contribution < -0.4 is 46.1 Å². The second kappa shape index (κ2) is 42.8. The number of phenols is 1. The first-order valence-electron chi connectivity index (χ1n) is 36.8. The van der Waals surface area contributed by atoms with E-state index in [1.807, 2.05) is 24.3 Å². The lowest BCUT2D eigenvalue weighted by Gasteiger charge is -2.35. The summed E-state index contributed by atoms with van der Waals surface area (Å²) in [6.07, 6.45) is -8.59. The second-order valence-corrected chi connectivity index (χ2v) is 31.0. The molecule has 3 aromatic carbocycles. The van der Waals surface area contributed by atoms with Crippen LogP contribution in [-0.2, 0) is 58.8 Å². The van der Waals surface area contributed by atoms with Crippen molar-refractivity contribution in [1.29, 1.82) is 0 Å². The number of hydrogen-bond donors (Lipinski definition) is 15. The zero-order chi connectivity index (χ0) is 81.3. The van der Waals surface area contributed by atoms with Crippen LogP contribution in [0, 0.1) is 5.92 Å². The molecule has 4 heterocycles. The number of fused-ring (bicyclic) bond motifs is 2. The molecule has 36 nitrogen and oxygen atoms in total. The first-order chi connectivity index (χ1) is 52.6. The molecule has 3 aliphatic heterocycles. The lowest BCUT2D eigenvalue weighted by Crippen LogP contribution is -2.65. The quantitative estimate of drug-likeness (QED) is 0.0144. The van der Waals surface area contributed by atoms with Gasteiger partial charge in [0.05, 0.1) is 43.2 Å². The average molecular weight is 1600 g/mol. The zero-order valence-corrected chi connectivity index (χ0v) is 65.3. The third-order valence-electron chi connectivity index (χ3n) is 18.2. The molecular formula is C73H106N12O24S2. The molecule has 0 unspecified atom stereocenters. The Morgan fingerprint density at radius 3 is 1.86 bits per heavy atom. The number of amides is 9. The number of unbranched alkanes of at least 4 members (excludes halogenated alkanes) is 4. The Labute approximate surface area is 651 Å². The minimum atomic E-state index is -2.22. The van der Waals surface area contributed by atoms with Gasteiger partial charge in [0.25, 0.3) is 18.2 Å². The number of aliphatic hydroxyl groups excluding tert-OH is 6. The van der Waals surface area contributed by atoms with Crippen molar-refractivity contribution in [2.24, 2.45) is 5.92 Å². The van der Waals surface area contributed by atoms with Crippen LogP contribution in [0.5, 0.6) is 17.2 Å². The van der Waals surface area contributed by atoms with Crippen molar-refractivity contribution in [3.63, 3.8) is 0 Å². The van der Waals surface area contributed by atoms with Crippen molar-refractivity contribution >= 4 is 77.2 Å². The number of hydrogen-bond acceptors (Lipinski definition) is 29.